The van der Waals surface area contributed by atoms with Crippen molar-refractivity contribution >= 4 is 12.2 Å². The van der Waals surface area contributed by atoms with E-state index in [4.69, 9.17) is 12.2 Å². The Morgan fingerprint density at radius 1 is 1.50 bits per heavy atom. The maximum atomic E-state index is 5.21. The van der Waals surface area contributed by atoms with Gasteiger partial charge in [0.25, 0.3) is 0 Å². The number of hydrogen-bond donors (Lipinski definition) is 1. The topological polar surface area (TPSA) is 51.4 Å². The van der Waals surface area contributed by atoms with Gasteiger partial charge in [0, 0.05) is 19.8 Å². The van der Waals surface area contributed by atoms with Crippen molar-refractivity contribution < 1.29 is 0 Å². The smallest absolute Gasteiger partial charge is 0.195 e. The molecule has 1 N–H and O–H groups in total. The molecule has 0 radical (unpaired) electrons. The minimum atomic E-state index is 0.520. The molecule has 0 saturated carbocycles. The first-order valence-corrected chi connectivity index (χ1v) is 5.64. The quantitative estimate of drug-likeness (QED) is 0.831. The summed E-state index contributed by atoms with van der Waals surface area (Å²) >= 11 is 5.21. The highest BCUT2D eigenvalue weighted by Gasteiger charge is 2.11. The number of aromatic nitrogens is 5. The molecule has 0 saturated heterocycles. The highest BCUT2D eigenvalue weighted by Crippen LogP contribution is 2.15. The molecule has 0 spiro atoms. The van der Waals surface area contributed by atoms with Crippen molar-refractivity contribution in [2.45, 2.75) is 20.4 Å². The largest absolute Gasteiger partial charge is 0.299 e. The Bertz CT molecular complexity index is 533. The molecule has 86 valence electrons. The molecule has 0 fully saturated rings. The second-order valence-electron chi connectivity index (χ2n) is 4.23. The average molecular weight is 237 g/mol. The third kappa shape index (κ3) is 2.06. The number of hydrogen-bond acceptors (Lipinski definition) is 3. The molecule has 0 aliphatic rings. The molecule has 0 amide bonds. The lowest BCUT2D eigenvalue weighted by molar-refractivity contribution is 0.521. The van der Waals surface area contributed by atoms with Gasteiger partial charge in [-0.25, -0.2) is 0 Å². The van der Waals surface area contributed by atoms with Crippen LogP contribution in [0.3, 0.4) is 0 Å². The zero-order valence-electron chi connectivity index (χ0n) is 9.64. The Hall–Kier alpha value is -1.43. The normalized spacial score (nSPS) is 11.2. The fraction of sp³-hybridized carbons (Fsp3) is 0.500. The number of rotatable bonds is 3. The summed E-state index contributed by atoms with van der Waals surface area (Å²) in [5, 5.41) is 11.4. The summed E-state index contributed by atoms with van der Waals surface area (Å²) in [5.41, 5.74) is 0.843. The zero-order valence-corrected chi connectivity index (χ0v) is 10.5. The van der Waals surface area contributed by atoms with E-state index >= 15 is 0 Å². The van der Waals surface area contributed by atoms with Crippen LogP contribution in [0.25, 0.3) is 11.5 Å². The van der Waals surface area contributed by atoms with E-state index in [2.05, 4.69) is 29.1 Å². The fourth-order valence-electron chi connectivity index (χ4n) is 1.58. The van der Waals surface area contributed by atoms with Gasteiger partial charge in [0.2, 0.25) is 0 Å². The highest BCUT2D eigenvalue weighted by molar-refractivity contribution is 7.71. The van der Waals surface area contributed by atoms with Crippen LogP contribution in [0.2, 0.25) is 0 Å². The number of nitrogens with zero attached hydrogens (tertiary/aromatic N) is 4. The first-order valence-electron chi connectivity index (χ1n) is 5.23. The summed E-state index contributed by atoms with van der Waals surface area (Å²) in [7, 11) is 1.89. The maximum absolute atomic E-state index is 5.21. The first-order chi connectivity index (χ1) is 7.58. The van der Waals surface area contributed by atoms with Crippen molar-refractivity contribution in [2.24, 2.45) is 13.0 Å². The lowest BCUT2D eigenvalue weighted by Gasteiger charge is -2.07. The zero-order chi connectivity index (χ0) is 11.7. The second kappa shape index (κ2) is 4.21. The molecule has 5 nitrogen and oxygen atoms in total. The van der Waals surface area contributed by atoms with Crippen molar-refractivity contribution in [3.05, 3.63) is 17.0 Å². The third-order valence-electron chi connectivity index (χ3n) is 2.25. The van der Waals surface area contributed by atoms with Crippen LogP contribution in [0.5, 0.6) is 0 Å². The van der Waals surface area contributed by atoms with E-state index in [1.807, 2.05) is 23.9 Å². The summed E-state index contributed by atoms with van der Waals surface area (Å²) in [6.45, 7) is 5.15. The van der Waals surface area contributed by atoms with E-state index in [-0.39, 0.29) is 0 Å². The van der Waals surface area contributed by atoms with Gasteiger partial charge in [-0.1, -0.05) is 13.8 Å². The van der Waals surface area contributed by atoms with Gasteiger partial charge in [0.1, 0.15) is 5.69 Å². The first kappa shape index (κ1) is 11.1. The van der Waals surface area contributed by atoms with Crippen LogP contribution >= 0.6 is 12.2 Å². The number of H-pyrrole nitrogens is 1. The third-order valence-corrected chi connectivity index (χ3v) is 2.56. The molecule has 2 rings (SSSR count). The van der Waals surface area contributed by atoms with Gasteiger partial charge < -0.3 is 0 Å². The maximum Gasteiger partial charge on any atom is 0.195 e. The molecule has 16 heavy (non-hydrogen) atoms. The minimum Gasteiger partial charge on any atom is -0.299 e. The molecule has 2 aromatic heterocycles. The molecular weight excluding hydrogens is 222 g/mol. The Balaban J connectivity index is 2.45. The summed E-state index contributed by atoms with van der Waals surface area (Å²) in [4.78, 5) is 0. The second-order valence-corrected chi connectivity index (χ2v) is 4.62. The van der Waals surface area contributed by atoms with Crippen molar-refractivity contribution in [3.63, 3.8) is 0 Å². The van der Waals surface area contributed by atoms with Crippen LogP contribution in [0.15, 0.2) is 12.3 Å². The summed E-state index contributed by atoms with van der Waals surface area (Å²) in [5.74, 6) is 1.33. The van der Waals surface area contributed by atoms with E-state index in [1.165, 1.54) is 0 Å². The van der Waals surface area contributed by atoms with Crippen LogP contribution < -0.4 is 0 Å². The molecule has 2 heterocycles. The average Bonchev–Trinajstić information content (AvgIpc) is 2.75. The van der Waals surface area contributed by atoms with E-state index in [0.717, 1.165) is 18.1 Å². The van der Waals surface area contributed by atoms with Gasteiger partial charge in [-0.05, 0) is 24.2 Å². The van der Waals surface area contributed by atoms with Crippen molar-refractivity contribution in [2.75, 3.05) is 0 Å². The molecular formula is C10H15N5S. The van der Waals surface area contributed by atoms with E-state index in [1.54, 1.807) is 4.68 Å². The van der Waals surface area contributed by atoms with Crippen LogP contribution in [0.4, 0.5) is 0 Å². The van der Waals surface area contributed by atoms with Crippen LogP contribution in [0.1, 0.15) is 13.8 Å². The van der Waals surface area contributed by atoms with E-state index < -0.39 is 0 Å². The van der Waals surface area contributed by atoms with Gasteiger partial charge in [0.05, 0.1) is 0 Å². The molecule has 0 aliphatic carbocycles. The Kier molecular flexibility index (Phi) is 2.91. The molecule has 2 aromatic rings. The van der Waals surface area contributed by atoms with Crippen molar-refractivity contribution in [1.29, 1.82) is 0 Å². The molecule has 0 unspecified atom stereocenters. The van der Waals surface area contributed by atoms with Gasteiger partial charge in [0.15, 0.2) is 10.6 Å². The van der Waals surface area contributed by atoms with Gasteiger partial charge >= 0.3 is 0 Å². The molecule has 0 atom stereocenters. The molecule has 0 bridgehead atoms. The minimum absolute atomic E-state index is 0.520. The highest BCUT2D eigenvalue weighted by atomic mass is 32.1. The van der Waals surface area contributed by atoms with Crippen molar-refractivity contribution in [3.8, 4) is 11.5 Å². The van der Waals surface area contributed by atoms with Crippen LogP contribution in [-0.2, 0) is 13.6 Å². The molecule has 6 heteroatoms. The summed E-state index contributed by atoms with van der Waals surface area (Å²) in [6.07, 6.45) is 1.90. The number of aromatic amines is 1. The SMILES string of the molecule is CC(C)Cn1c(-c2ccn(C)n2)n[nH]c1=S. The Morgan fingerprint density at radius 3 is 2.81 bits per heavy atom. The van der Waals surface area contributed by atoms with Gasteiger partial charge in [-0.3, -0.25) is 14.3 Å². The van der Waals surface area contributed by atoms with Gasteiger partial charge in [-0.15, -0.1) is 0 Å². The Labute approximate surface area is 99.1 Å². The van der Waals surface area contributed by atoms with Crippen molar-refractivity contribution in [1.82, 2.24) is 24.5 Å². The van der Waals surface area contributed by atoms with E-state index in [9.17, 15) is 0 Å². The van der Waals surface area contributed by atoms with Crippen LogP contribution in [0, 0.1) is 10.7 Å². The predicted octanol–water partition coefficient (Wildman–Crippen LogP) is 2.00. The standard InChI is InChI=1S/C10H15N5S/c1-7(2)6-15-9(11-12-10(15)16)8-4-5-14(3)13-8/h4-5,7H,6H2,1-3H3,(H,12,16). The van der Waals surface area contributed by atoms with E-state index in [0.29, 0.717) is 10.7 Å². The lowest BCUT2D eigenvalue weighted by atomic mass is 10.2. The monoisotopic (exact) mass is 237 g/mol. The Morgan fingerprint density at radius 2 is 2.25 bits per heavy atom. The fourth-order valence-corrected chi connectivity index (χ4v) is 1.79. The van der Waals surface area contributed by atoms with Gasteiger partial charge in [-0.2, -0.15) is 10.2 Å². The predicted molar refractivity (Wildman–Crippen MR) is 64.5 cm³/mol. The number of aryl methyl sites for hydroxylation is 1. The molecule has 0 aromatic carbocycles. The lowest BCUT2D eigenvalue weighted by Crippen LogP contribution is -2.06. The molecule has 0 aliphatic heterocycles. The number of nitrogens with one attached hydrogen (secondary N) is 1. The van der Waals surface area contributed by atoms with Crippen LogP contribution in [-0.4, -0.2) is 24.5 Å². The summed E-state index contributed by atoms with van der Waals surface area (Å²) < 4.78 is 4.39. The summed E-state index contributed by atoms with van der Waals surface area (Å²) in [6, 6.07) is 1.93.